The maximum atomic E-state index is 11.6. The average molecular weight is 269 g/mol. The van der Waals surface area contributed by atoms with E-state index in [1.165, 1.54) is 6.92 Å². The van der Waals surface area contributed by atoms with Crippen molar-refractivity contribution in [2.75, 3.05) is 6.54 Å². The summed E-state index contributed by atoms with van der Waals surface area (Å²) in [4.78, 5) is 22.4. The molecule has 0 spiro atoms. The quantitative estimate of drug-likeness (QED) is 0.851. The number of hydrogen-bond acceptors (Lipinski definition) is 2. The van der Waals surface area contributed by atoms with Crippen molar-refractivity contribution in [3.8, 4) is 0 Å². The topological polar surface area (TPSA) is 58.2 Å². The van der Waals surface area contributed by atoms with Crippen molar-refractivity contribution in [1.29, 1.82) is 0 Å². The zero-order valence-electron chi connectivity index (χ0n) is 10.5. The van der Waals surface area contributed by atoms with Gasteiger partial charge >= 0.3 is 0 Å². The predicted molar refractivity (Wildman–Crippen MR) is 71.4 cm³/mol. The number of rotatable bonds is 5. The Morgan fingerprint density at radius 2 is 1.89 bits per heavy atom. The number of halogens is 1. The van der Waals surface area contributed by atoms with Gasteiger partial charge in [0.2, 0.25) is 11.8 Å². The molecular formula is C13H17ClN2O2. The van der Waals surface area contributed by atoms with Gasteiger partial charge in [-0.2, -0.15) is 0 Å². The minimum Gasteiger partial charge on any atom is -0.354 e. The maximum Gasteiger partial charge on any atom is 0.242 e. The summed E-state index contributed by atoms with van der Waals surface area (Å²) in [5, 5.41) is 5.99. The van der Waals surface area contributed by atoms with Gasteiger partial charge < -0.3 is 10.6 Å². The molecule has 4 nitrogen and oxygen atoms in total. The molecule has 0 fully saturated rings. The second-order valence-electron chi connectivity index (χ2n) is 4.09. The molecule has 1 atom stereocenters. The fourth-order valence-corrected chi connectivity index (χ4v) is 1.63. The summed E-state index contributed by atoms with van der Waals surface area (Å²) in [6.45, 7) is 3.57. The van der Waals surface area contributed by atoms with Gasteiger partial charge in [-0.15, -0.1) is 0 Å². The van der Waals surface area contributed by atoms with E-state index in [1.54, 1.807) is 6.92 Å². The van der Waals surface area contributed by atoms with Gasteiger partial charge in [0, 0.05) is 18.5 Å². The first-order valence-corrected chi connectivity index (χ1v) is 6.16. The van der Waals surface area contributed by atoms with Crippen LogP contribution in [0.3, 0.4) is 0 Å². The fraction of sp³-hybridized carbons (Fsp3) is 0.385. The van der Waals surface area contributed by atoms with Crippen molar-refractivity contribution >= 4 is 23.4 Å². The number of nitrogens with one attached hydrogen (secondary N) is 2. The average Bonchev–Trinajstić information content (AvgIpc) is 2.30. The summed E-state index contributed by atoms with van der Waals surface area (Å²) in [6, 6.07) is 6.97. The van der Waals surface area contributed by atoms with E-state index < -0.39 is 6.04 Å². The molecule has 0 heterocycles. The lowest BCUT2D eigenvalue weighted by atomic mass is 10.1. The molecule has 0 aliphatic heterocycles. The van der Waals surface area contributed by atoms with Gasteiger partial charge in [0.15, 0.2) is 0 Å². The van der Waals surface area contributed by atoms with Crippen LogP contribution in [-0.2, 0) is 16.0 Å². The molecule has 1 aromatic carbocycles. The van der Waals surface area contributed by atoms with Crippen molar-refractivity contribution in [2.24, 2.45) is 0 Å². The SMILES string of the molecule is CC(=O)NC(C)C(=O)NCCc1ccc(Cl)cc1. The Labute approximate surface area is 112 Å². The summed E-state index contributed by atoms with van der Waals surface area (Å²) in [6.07, 6.45) is 0.732. The molecule has 2 N–H and O–H groups in total. The van der Waals surface area contributed by atoms with Gasteiger partial charge in [0.25, 0.3) is 0 Å². The van der Waals surface area contributed by atoms with E-state index in [9.17, 15) is 9.59 Å². The van der Waals surface area contributed by atoms with E-state index in [4.69, 9.17) is 11.6 Å². The lowest BCUT2D eigenvalue weighted by Crippen LogP contribution is -2.44. The third kappa shape index (κ3) is 5.19. The first-order chi connectivity index (χ1) is 8.49. The van der Waals surface area contributed by atoms with Crippen LogP contribution < -0.4 is 10.6 Å². The van der Waals surface area contributed by atoms with E-state index >= 15 is 0 Å². The third-order valence-corrected chi connectivity index (χ3v) is 2.69. The Bertz CT molecular complexity index is 418. The molecule has 18 heavy (non-hydrogen) atoms. The summed E-state index contributed by atoms with van der Waals surface area (Å²) in [5.74, 6) is -0.394. The van der Waals surface area contributed by atoms with E-state index in [2.05, 4.69) is 10.6 Å². The largest absolute Gasteiger partial charge is 0.354 e. The summed E-state index contributed by atoms with van der Waals surface area (Å²) >= 11 is 5.78. The Morgan fingerprint density at radius 3 is 2.44 bits per heavy atom. The highest BCUT2D eigenvalue weighted by molar-refractivity contribution is 6.30. The summed E-state index contributed by atoms with van der Waals surface area (Å²) < 4.78 is 0. The van der Waals surface area contributed by atoms with Gasteiger partial charge in [-0.1, -0.05) is 23.7 Å². The van der Waals surface area contributed by atoms with Crippen LogP contribution in [0.4, 0.5) is 0 Å². The molecule has 1 rings (SSSR count). The lowest BCUT2D eigenvalue weighted by Gasteiger charge is -2.12. The monoisotopic (exact) mass is 268 g/mol. The van der Waals surface area contributed by atoms with Crippen molar-refractivity contribution in [3.05, 3.63) is 34.9 Å². The van der Waals surface area contributed by atoms with E-state index in [1.807, 2.05) is 24.3 Å². The van der Waals surface area contributed by atoms with Crippen LogP contribution in [0, 0.1) is 0 Å². The van der Waals surface area contributed by atoms with Gasteiger partial charge in [-0.25, -0.2) is 0 Å². The van der Waals surface area contributed by atoms with Crippen molar-refractivity contribution in [2.45, 2.75) is 26.3 Å². The smallest absolute Gasteiger partial charge is 0.242 e. The van der Waals surface area contributed by atoms with Crippen LogP contribution in [0.25, 0.3) is 0 Å². The number of hydrogen-bond donors (Lipinski definition) is 2. The van der Waals surface area contributed by atoms with Crippen molar-refractivity contribution in [1.82, 2.24) is 10.6 Å². The molecular weight excluding hydrogens is 252 g/mol. The molecule has 5 heteroatoms. The molecule has 0 saturated carbocycles. The highest BCUT2D eigenvalue weighted by atomic mass is 35.5. The van der Waals surface area contributed by atoms with Crippen LogP contribution in [-0.4, -0.2) is 24.4 Å². The standard InChI is InChI=1S/C13H17ClN2O2/c1-9(16-10(2)17)13(18)15-8-7-11-3-5-12(14)6-4-11/h3-6,9H,7-8H2,1-2H3,(H,15,18)(H,16,17). The third-order valence-electron chi connectivity index (χ3n) is 2.44. The number of carbonyl (C=O) groups excluding carboxylic acids is 2. The molecule has 1 aromatic rings. The molecule has 0 radical (unpaired) electrons. The first kappa shape index (κ1) is 14.5. The van der Waals surface area contributed by atoms with Crippen molar-refractivity contribution in [3.63, 3.8) is 0 Å². The minimum atomic E-state index is -0.507. The Kier molecular flexibility index (Phi) is 5.65. The Hall–Kier alpha value is -1.55. The lowest BCUT2D eigenvalue weighted by molar-refractivity contribution is -0.127. The second-order valence-corrected chi connectivity index (χ2v) is 4.53. The number of carbonyl (C=O) groups is 2. The van der Waals surface area contributed by atoms with Crippen LogP contribution in [0.1, 0.15) is 19.4 Å². The zero-order chi connectivity index (χ0) is 13.5. The molecule has 0 aliphatic rings. The minimum absolute atomic E-state index is 0.181. The summed E-state index contributed by atoms with van der Waals surface area (Å²) in [5.41, 5.74) is 1.10. The van der Waals surface area contributed by atoms with Gasteiger partial charge in [0.1, 0.15) is 6.04 Å². The highest BCUT2D eigenvalue weighted by Gasteiger charge is 2.12. The molecule has 0 aromatic heterocycles. The van der Waals surface area contributed by atoms with E-state index in [-0.39, 0.29) is 11.8 Å². The van der Waals surface area contributed by atoms with E-state index in [0.29, 0.717) is 11.6 Å². The molecule has 98 valence electrons. The fourth-order valence-electron chi connectivity index (χ4n) is 1.50. The molecule has 0 aliphatic carbocycles. The van der Waals surface area contributed by atoms with Crippen LogP contribution >= 0.6 is 11.6 Å². The van der Waals surface area contributed by atoms with Gasteiger partial charge in [-0.3, -0.25) is 9.59 Å². The first-order valence-electron chi connectivity index (χ1n) is 5.78. The highest BCUT2D eigenvalue weighted by Crippen LogP contribution is 2.09. The van der Waals surface area contributed by atoms with Crippen LogP contribution in [0.15, 0.2) is 24.3 Å². The Morgan fingerprint density at radius 1 is 1.28 bits per heavy atom. The number of benzene rings is 1. The Balaban J connectivity index is 2.31. The van der Waals surface area contributed by atoms with Crippen LogP contribution in [0.5, 0.6) is 0 Å². The second kappa shape index (κ2) is 7.01. The molecule has 0 saturated heterocycles. The molecule has 2 amide bonds. The van der Waals surface area contributed by atoms with Gasteiger partial charge in [0.05, 0.1) is 0 Å². The maximum absolute atomic E-state index is 11.6. The molecule has 0 bridgehead atoms. The normalized spacial score (nSPS) is 11.7. The number of amides is 2. The van der Waals surface area contributed by atoms with Crippen LogP contribution in [0.2, 0.25) is 5.02 Å². The van der Waals surface area contributed by atoms with Gasteiger partial charge in [-0.05, 0) is 31.0 Å². The summed E-state index contributed by atoms with van der Waals surface area (Å²) in [7, 11) is 0. The predicted octanol–water partition coefficient (Wildman–Crippen LogP) is 1.52. The van der Waals surface area contributed by atoms with Crippen molar-refractivity contribution < 1.29 is 9.59 Å². The molecule has 1 unspecified atom stereocenters. The zero-order valence-corrected chi connectivity index (χ0v) is 11.3. The van der Waals surface area contributed by atoms with E-state index in [0.717, 1.165) is 12.0 Å².